The Bertz CT molecular complexity index is 1080. The van der Waals surface area contributed by atoms with Crippen molar-refractivity contribution >= 4 is 40.5 Å². The molecule has 1 amide bonds. The van der Waals surface area contributed by atoms with Gasteiger partial charge in [0.15, 0.2) is 5.11 Å². The molecule has 3 N–H and O–H groups in total. The number of anilines is 1. The van der Waals surface area contributed by atoms with Crippen molar-refractivity contribution in [1.82, 2.24) is 5.32 Å². The van der Waals surface area contributed by atoms with Crippen LogP contribution in [0.4, 0.5) is 5.69 Å². The number of carbonyl (C=O) groups excluding carboxylic acids is 1. The third-order valence-electron chi connectivity index (χ3n) is 4.18. The Hall–Kier alpha value is -3.07. The van der Waals surface area contributed by atoms with E-state index in [9.17, 15) is 9.90 Å². The van der Waals surface area contributed by atoms with E-state index >= 15 is 0 Å². The summed E-state index contributed by atoms with van der Waals surface area (Å²) in [7, 11) is 3.04. The van der Waals surface area contributed by atoms with E-state index in [1.165, 1.54) is 13.2 Å². The molecule has 0 atom stereocenters. The fourth-order valence-electron chi connectivity index (χ4n) is 2.73. The van der Waals surface area contributed by atoms with Gasteiger partial charge in [0.2, 0.25) is 0 Å². The first-order chi connectivity index (χ1) is 14.4. The minimum atomic E-state index is -0.413. The van der Waals surface area contributed by atoms with Crippen LogP contribution in [0.25, 0.3) is 11.3 Å². The van der Waals surface area contributed by atoms with Gasteiger partial charge in [0.1, 0.15) is 29.6 Å². The molecule has 3 aromatic rings. The van der Waals surface area contributed by atoms with Crippen LogP contribution in [0.2, 0.25) is 5.02 Å². The summed E-state index contributed by atoms with van der Waals surface area (Å²) in [5.41, 5.74) is 1.62. The van der Waals surface area contributed by atoms with Gasteiger partial charge in [-0.1, -0.05) is 11.6 Å². The Kier molecular flexibility index (Phi) is 6.94. The van der Waals surface area contributed by atoms with Crippen molar-refractivity contribution in [1.29, 1.82) is 0 Å². The summed E-state index contributed by atoms with van der Waals surface area (Å²) in [6.45, 7) is -0.203. The number of ether oxygens (including phenoxy) is 2. The first kappa shape index (κ1) is 21.6. The van der Waals surface area contributed by atoms with E-state index in [0.717, 1.165) is 0 Å². The number of halogens is 1. The molecule has 7 nitrogen and oxygen atoms in total. The van der Waals surface area contributed by atoms with Crippen LogP contribution >= 0.6 is 23.8 Å². The van der Waals surface area contributed by atoms with Crippen LogP contribution in [0, 0.1) is 0 Å². The van der Waals surface area contributed by atoms with Gasteiger partial charge in [0.05, 0.1) is 24.8 Å². The maximum Gasteiger partial charge on any atom is 0.257 e. The number of rotatable bonds is 6. The molecule has 0 spiro atoms. The smallest absolute Gasteiger partial charge is 0.257 e. The van der Waals surface area contributed by atoms with E-state index in [1.54, 1.807) is 49.6 Å². The van der Waals surface area contributed by atoms with Gasteiger partial charge in [-0.3, -0.25) is 10.1 Å². The van der Waals surface area contributed by atoms with Gasteiger partial charge in [-0.05, 0) is 60.7 Å². The molecule has 156 valence electrons. The molecule has 30 heavy (non-hydrogen) atoms. The van der Waals surface area contributed by atoms with Crippen LogP contribution in [0.3, 0.4) is 0 Å². The summed E-state index contributed by atoms with van der Waals surface area (Å²) in [6, 6.07) is 13.4. The standard InChI is InChI=1S/C21H19ClN2O5S/c1-27-17-7-4-13(10-15(17)18-8-5-14(11-25)29-18)23-21(30)24-20(26)12-3-6-19(28-2)16(22)9-12/h3-10,25H,11H2,1-2H3,(H2,23,24,26,30). The van der Waals surface area contributed by atoms with Crippen LogP contribution in [0.5, 0.6) is 11.5 Å². The van der Waals surface area contributed by atoms with E-state index in [0.29, 0.717) is 44.9 Å². The zero-order chi connectivity index (χ0) is 21.7. The molecule has 0 aliphatic rings. The first-order valence-electron chi connectivity index (χ1n) is 8.79. The van der Waals surface area contributed by atoms with Gasteiger partial charge in [-0.2, -0.15) is 0 Å². The Morgan fingerprint density at radius 3 is 2.47 bits per heavy atom. The summed E-state index contributed by atoms with van der Waals surface area (Å²) >= 11 is 11.3. The van der Waals surface area contributed by atoms with Gasteiger partial charge in [-0.15, -0.1) is 0 Å². The van der Waals surface area contributed by atoms with Crippen molar-refractivity contribution in [2.75, 3.05) is 19.5 Å². The fourth-order valence-corrected chi connectivity index (χ4v) is 3.20. The number of hydrogen-bond acceptors (Lipinski definition) is 6. The largest absolute Gasteiger partial charge is 0.496 e. The lowest BCUT2D eigenvalue weighted by Gasteiger charge is -2.13. The third-order valence-corrected chi connectivity index (χ3v) is 4.68. The molecular weight excluding hydrogens is 428 g/mol. The summed E-state index contributed by atoms with van der Waals surface area (Å²) in [4.78, 5) is 12.4. The highest BCUT2D eigenvalue weighted by Crippen LogP contribution is 2.34. The van der Waals surface area contributed by atoms with Gasteiger partial charge in [-0.25, -0.2) is 0 Å². The molecule has 0 saturated heterocycles. The van der Waals surface area contributed by atoms with E-state index < -0.39 is 5.91 Å². The molecule has 0 bridgehead atoms. The second-order valence-corrected chi connectivity index (χ2v) is 6.91. The lowest BCUT2D eigenvalue weighted by Crippen LogP contribution is -2.34. The number of furan rings is 1. The molecule has 0 radical (unpaired) electrons. The number of thiocarbonyl (C=S) groups is 1. The minimum absolute atomic E-state index is 0.110. The number of hydrogen-bond donors (Lipinski definition) is 3. The molecule has 0 aliphatic heterocycles. The van der Waals surface area contributed by atoms with Crippen molar-refractivity contribution in [2.24, 2.45) is 0 Å². The lowest BCUT2D eigenvalue weighted by molar-refractivity contribution is 0.0977. The van der Waals surface area contributed by atoms with Gasteiger partial charge in [0.25, 0.3) is 5.91 Å². The number of amides is 1. The molecule has 9 heteroatoms. The molecule has 1 aromatic heterocycles. The number of benzene rings is 2. The second kappa shape index (κ2) is 9.62. The van der Waals surface area contributed by atoms with Crippen molar-refractivity contribution in [3.63, 3.8) is 0 Å². The molecule has 0 aliphatic carbocycles. The maximum absolute atomic E-state index is 12.4. The zero-order valence-corrected chi connectivity index (χ0v) is 17.8. The zero-order valence-electron chi connectivity index (χ0n) is 16.2. The lowest BCUT2D eigenvalue weighted by atomic mass is 10.1. The Labute approximate surface area is 183 Å². The topological polar surface area (TPSA) is 93.0 Å². The SMILES string of the molecule is COc1ccc(C(=O)NC(=S)Nc2ccc(OC)c(-c3ccc(CO)o3)c2)cc1Cl. The number of methoxy groups -OCH3 is 2. The summed E-state index contributed by atoms with van der Waals surface area (Å²) in [5, 5.41) is 15.2. The van der Waals surface area contributed by atoms with Crippen LogP contribution in [-0.4, -0.2) is 30.3 Å². The predicted molar refractivity (Wildman–Crippen MR) is 118 cm³/mol. The van der Waals surface area contributed by atoms with Crippen LogP contribution in [0.1, 0.15) is 16.1 Å². The normalized spacial score (nSPS) is 10.4. The van der Waals surface area contributed by atoms with Crippen LogP contribution in [-0.2, 0) is 6.61 Å². The van der Waals surface area contributed by atoms with Crippen molar-refractivity contribution in [2.45, 2.75) is 6.61 Å². The number of nitrogens with one attached hydrogen (secondary N) is 2. The average Bonchev–Trinajstić information content (AvgIpc) is 3.22. The second-order valence-electron chi connectivity index (χ2n) is 6.10. The third kappa shape index (κ3) is 4.91. The van der Waals surface area contributed by atoms with E-state index in [1.807, 2.05) is 0 Å². The van der Waals surface area contributed by atoms with Crippen molar-refractivity contribution in [3.8, 4) is 22.8 Å². The molecule has 2 aromatic carbocycles. The summed E-state index contributed by atoms with van der Waals surface area (Å²) in [6.07, 6.45) is 0. The molecular formula is C21H19ClN2O5S. The van der Waals surface area contributed by atoms with Gasteiger partial charge >= 0.3 is 0 Å². The Morgan fingerprint density at radius 1 is 1.10 bits per heavy atom. The fraction of sp³-hybridized carbons (Fsp3) is 0.143. The predicted octanol–water partition coefficient (Wildman–Crippen LogP) is 4.24. The number of carbonyl (C=O) groups is 1. The van der Waals surface area contributed by atoms with Gasteiger partial charge < -0.3 is 24.3 Å². The number of aliphatic hydroxyl groups is 1. The molecule has 0 saturated carbocycles. The molecule has 3 rings (SSSR count). The Balaban J connectivity index is 1.74. The average molecular weight is 447 g/mol. The monoisotopic (exact) mass is 446 g/mol. The summed E-state index contributed by atoms with van der Waals surface area (Å²) in [5.74, 6) is 1.61. The van der Waals surface area contributed by atoms with Crippen molar-refractivity contribution < 1.29 is 23.8 Å². The molecule has 0 fully saturated rings. The van der Waals surface area contributed by atoms with Gasteiger partial charge in [0, 0.05) is 11.3 Å². The summed E-state index contributed by atoms with van der Waals surface area (Å²) < 4.78 is 16.1. The molecule has 0 unspecified atom stereocenters. The minimum Gasteiger partial charge on any atom is -0.496 e. The quantitative estimate of drug-likeness (QED) is 0.488. The number of aliphatic hydroxyl groups excluding tert-OH is 1. The van der Waals surface area contributed by atoms with Crippen LogP contribution in [0.15, 0.2) is 52.9 Å². The Morgan fingerprint density at radius 2 is 1.83 bits per heavy atom. The highest BCUT2D eigenvalue weighted by molar-refractivity contribution is 7.80. The first-order valence-corrected chi connectivity index (χ1v) is 9.57. The van der Waals surface area contributed by atoms with E-state index in [4.69, 9.17) is 37.7 Å². The van der Waals surface area contributed by atoms with E-state index in [2.05, 4.69) is 10.6 Å². The highest BCUT2D eigenvalue weighted by Gasteiger charge is 2.14. The van der Waals surface area contributed by atoms with Crippen molar-refractivity contribution in [3.05, 3.63) is 64.9 Å². The van der Waals surface area contributed by atoms with Crippen LogP contribution < -0.4 is 20.1 Å². The maximum atomic E-state index is 12.4. The molecule has 1 heterocycles. The van der Waals surface area contributed by atoms with E-state index in [-0.39, 0.29) is 11.7 Å². The highest BCUT2D eigenvalue weighted by atomic mass is 35.5.